The van der Waals surface area contributed by atoms with Gasteiger partial charge in [-0.25, -0.2) is 4.39 Å². The fourth-order valence-corrected chi connectivity index (χ4v) is 3.72. The van der Waals surface area contributed by atoms with Crippen molar-refractivity contribution in [2.45, 2.75) is 56.7 Å². The molecule has 2 heterocycles. The predicted octanol–water partition coefficient (Wildman–Crippen LogP) is 3.38. The highest BCUT2D eigenvalue weighted by atomic mass is 19.1. The van der Waals surface area contributed by atoms with Gasteiger partial charge in [0.05, 0.1) is 5.60 Å². The van der Waals surface area contributed by atoms with Crippen molar-refractivity contribution in [3.63, 3.8) is 0 Å². The molecule has 1 aromatic rings. The summed E-state index contributed by atoms with van der Waals surface area (Å²) in [6.45, 7) is 0.663. The van der Waals surface area contributed by atoms with E-state index in [4.69, 9.17) is 4.74 Å². The van der Waals surface area contributed by atoms with Gasteiger partial charge in [-0.15, -0.1) is 0 Å². The van der Waals surface area contributed by atoms with E-state index in [2.05, 4.69) is 4.98 Å². The van der Waals surface area contributed by atoms with Crippen molar-refractivity contribution in [3.05, 3.63) is 29.8 Å². The number of pyridine rings is 1. The van der Waals surface area contributed by atoms with Gasteiger partial charge in [0.25, 0.3) is 0 Å². The van der Waals surface area contributed by atoms with E-state index >= 15 is 0 Å². The fraction of sp³-hybridized carbons (Fsp3) is 0.688. The first-order chi connectivity index (χ1) is 9.70. The average Bonchev–Trinajstić information content (AvgIpc) is 2.48. The number of aliphatic hydroxyl groups is 1. The fourth-order valence-electron chi connectivity index (χ4n) is 3.72. The monoisotopic (exact) mass is 279 g/mol. The van der Waals surface area contributed by atoms with Crippen LogP contribution in [0.4, 0.5) is 4.39 Å². The van der Waals surface area contributed by atoms with E-state index in [0.717, 1.165) is 25.7 Å². The SMILES string of the molecule is OC(c1ncccc1F)C1CCOC2(CCCCC2)C1. The molecule has 0 aromatic carbocycles. The first-order valence-corrected chi connectivity index (χ1v) is 7.63. The highest BCUT2D eigenvalue weighted by Crippen LogP contribution is 2.44. The Morgan fingerprint density at radius 1 is 1.35 bits per heavy atom. The number of hydrogen-bond donors (Lipinski definition) is 1. The van der Waals surface area contributed by atoms with Gasteiger partial charge in [-0.1, -0.05) is 19.3 Å². The second kappa shape index (κ2) is 5.78. The number of rotatable bonds is 2. The van der Waals surface area contributed by atoms with Crippen LogP contribution in [0.25, 0.3) is 0 Å². The third-order valence-corrected chi connectivity index (χ3v) is 4.81. The second-order valence-electron chi connectivity index (χ2n) is 6.16. The molecule has 1 aliphatic heterocycles. The largest absolute Gasteiger partial charge is 0.386 e. The lowest BCUT2D eigenvalue weighted by Gasteiger charge is -2.44. The minimum Gasteiger partial charge on any atom is -0.386 e. The molecule has 1 aromatic heterocycles. The molecule has 4 heteroatoms. The maximum atomic E-state index is 13.8. The van der Waals surface area contributed by atoms with E-state index in [-0.39, 0.29) is 17.2 Å². The zero-order chi connectivity index (χ0) is 14.0. The summed E-state index contributed by atoms with van der Waals surface area (Å²) < 4.78 is 19.8. The lowest BCUT2D eigenvalue weighted by Crippen LogP contribution is -2.43. The Labute approximate surface area is 119 Å². The van der Waals surface area contributed by atoms with Crippen molar-refractivity contribution in [1.82, 2.24) is 4.98 Å². The Balaban J connectivity index is 1.75. The molecule has 1 aliphatic carbocycles. The molecule has 3 nitrogen and oxygen atoms in total. The highest BCUT2D eigenvalue weighted by Gasteiger charge is 2.41. The summed E-state index contributed by atoms with van der Waals surface area (Å²) in [5.41, 5.74) is 0.110. The molecule has 20 heavy (non-hydrogen) atoms. The number of halogens is 1. The van der Waals surface area contributed by atoms with Gasteiger partial charge < -0.3 is 9.84 Å². The van der Waals surface area contributed by atoms with Gasteiger partial charge in [-0.05, 0) is 43.7 Å². The lowest BCUT2D eigenvalue weighted by molar-refractivity contribution is -0.134. The topological polar surface area (TPSA) is 42.4 Å². The summed E-state index contributed by atoms with van der Waals surface area (Å²) >= 11 is 0. The average molecular weight is 279 g/mol. The summed E-state index contributed by atoms with van der Waals surface area (Å²) in [6, 6.07) is 2.92. The molecule has 2 fully saturated rings. The maximum Gasteiger partial charge on any atom is 0.147 e. The van der Waals surface area contributed by atoms with Crippen LogP contribution in [-0.4, -0.2) is 22.3 Å². The van der Waals surface area contributed by atoms with Crippen LogP contribution >= 0.6 is 0 Å². The van der Waals surface area contributed by atoms with E-state index in [1.807, 2.05) is 0 Å². The van der Waals surface area contributed by atoms with Crippen LogP contribution in [0.3, 0.4) is 0 Å². The van der Waals surface area contributed by atoms with Crippen LogP contribution in [0.1, 0.15) is 56.7 Å². The zero-order valence-corrected chi connectivity index (χ0v) is 11.7. The first-order valence-electron chi connectivity index (χ1n) is 7.63. The Morgan fingerprint density at radius 2 is 2.15 bits per heavy atom. The third-order valence-electron chi connectivity index (χ3n) is 4.81. The van der Waals surface area contributed by atoms with Crippen LogP contribution in [0.2, 0.25) is 0 Å². The Hall–Kier alpha value is -1.00. The van der Waals surface area contributed by atoms with Crippen molar-refractivity contribution in [1.29, 1.82) is 0 Å². The van der Waals surface area contributed by atoms with Crippen LogP contribution in [0.5, 0.6) is 0 Å². The van der Waals surface area contributed by atoms with Crippen molar-refractivity contribution in [2.24, 2.45) is 5.92 Å². The molecule has 3 rings (SSSR count). The first kappa shape index (κ1) is 14.0. The molecule has 1 saturated heterocycles. The van der Waals surface area contributed by atoms with Gasteiger partial charge in [0.15, 0.2) is 0 Å². The van der Waals surface area contributed by atoms with E-state index < -0.39 is 11.9 Å². The normalized spacial score (nSPS) is 27.4. The van der Waals surface area contributed by atoms with Gasteiger partial charge in [-0.2, -0.15) is 0 Å². The molecule has 1 N–H and O–H groups in total. The summed E-state index contributed by atoms with van der Waals surface area (Å²) in [7, 11) is 0. The summed E-state index contributed by atoms with van der Waals surface area (Å²) in [5, 5.41) is 10.5. The molecular formula is C16H22FNO2. The van der Waals surface area contributed by atoms with Gasteiger partial charge in [0, 0.05) is 12.8 Å². The van der Waals surface area contributed by atoms with Gasteiger partial charge in [0.1, 0.15) is 17.6 Å². The van der Waals surface area contributed by atoms with E-state index in [1.54, 1.807) is 6.07 Å². The molecular weight excluding hydrogens is 257 g/mol. The molecule has 0 bridgehead atoms. The van der Waals surface area contributed by atoms with Crippen molar-refractivity contribution in [2.75, 3.05) is 6.61 Å². The standard InChI is InChI=1S/C16H22FNO2/c17-13-5-4-9-18-14(13)15(19)12-6-10-20-16(11-12)7-2-1-3-8-16/h4-5,9,12,15,19H,1-3,6-8,10-11H2. The molecule has 1 saturated carbocycles. The van der Waals surface area contributed by atoms with E-state index in [9.17, 15) is 9.50 Å². The van der Waals surface area contributed by atoms with Crippen LogP contribution in [-0.2, 0) is 4.74 Å². The smallest absolute Gasteiger partial charge is 0.147 e. The zero-order valence-electron chi connectivity index (χ0n) is 11.7. The minimum absolute atomic E-state index is 0.0475. The molecule has 110 valence electrons. The Morgan fingerprint density at radius 3 is 2.90 bits per heavy atom. The summed E-state index contributed by atoms with van der Waals surface area (Å²) in [6.07, 6.45) is 8.12. The van der Waals surface area contributed by atoms with Crippen LogP contribution in [0.15, 0.2) is 18.3 Å². The number of aliphatic hydroxyl groups excluding tert-OH is 1. The van der Waals surface area contributed by atoms with Crippen molar-refractivity contribution >= 4 is 0 Å². The van der Waals surface area contributed by atoms with Gasteiger partial charge in [-0.3, -0.25) is 4.98 Å². The van der Waals surface area contributed by atoms with Crippen molar-refractivity contribution in [3.8, 4) is 0 Å². The highest BCUT2D eigenvalue weighted by molar-refractivity contribution is 5.11. The Kier molecular flexibility index (Phi) is 4.03. The van der Waals surface area contributed by atoms with Crippen molar-refractivity contribution < 1.29 is 14.2 Å². The molecule has 1 spiro atoms. The van der Waals surface area contributed by atoms with Gasteiger partial charge in [0.2, 0.25) is 0 Å². The molecule has 2 atom stereocenters. The molecule has 2 aliphatic rings. The molecule has 2 unspecified atom stereocenters. The summed E-state index contributed by atoms with van der Waals surface area (Å²) in [4.78, 5) is 4.02. The lowest BCUT2D eigenvalue weighted by atomic mass is 9.74. The number of hydrogen-bond acceptors (Lipinski definition) is 3. The maximum absolute atomic E-state index is 13.8. The number of aromatic nitrogens is 1. The predicted molar refractivity (Wildman–Crippen MR) is 73.6 cm³/mol. The number of nitrogens with zero attached hydrogens (tertiary/aromatic N) is 1. The second-order valence-corrected chi connectivity index (χ2v) is 6.16. The van der Waals surface area contributed by atoms with Crippen LogP contribution in [0, 0.1) is 11.7 Å². The van der Waals surface area contributed by atoms with E-state index in [0.29, 0.717) is 6.61 Å². The molecule has 0 amide bonds. The van der Waals surface area contributed by atoms with Gasteiger partial charge >= 0.3 is 0 Å². The number of ether oxygens (including phenoxy) is 1. The van der Waals surface area contributed by atoms with Crippen LogP contribution < -0.4 is 0 Å². The molecule has 0 radical (unpaired) electrons. The van der Waals surface area contributed by atoms with E-state index in [1.165, 1.54) is 31.5 Å². The minimum atomic E-state index is -0.820. The Bertz CT molecular complexity index is 454. The summed E-state index contributed by atoms with van der Waals surface area (Å²) in [5.74, 6) is -0.365. The quantitative estimate of drug-likeness (QED) is 0.902. The third kappa shape index (κ3) is 2.72.